The van der Waals surface area contributed by atoms with E-state index in [-0.39, 0.29) is 47.7 Å². The Kier molecular flexibility index (Phi) is 12.2. The number of nitrogens with zero attached hydrogens (tertiary/aromatic N) is 4. The maximum atomic E-state index is 14.1. The third kappa shape index (κ3) is 8.59. The van der Waals surface area contributed by atoms with Crippen molar-refractivity contribution in [1.29, 1.82) is 0 Å². The number of rotatable bonds is 9. The third-order valence-corrected chi connectivity index (χ3v) is 9.27. The Morgan fingerprint density at radius 2 is 1.53 bits per heavy atom. The molecule has 3 rings (SSSR count). The molecule has 1 N–H and O–H groups in total. The minimum Gasteiger partial charge on any atom is -0.378 e. The first-order valence-corrected chi connectivity index (χ1v) is 16.3. The summed E-state index contributed by atoms with van der Waals surface area (Å²) in [5, 5.41) is 3.14. The lowest BCUT2D eigenvalue weighted by Gasteiger charge is -2.41. The number of carbonyl (C=O) groups excluding carboxylic acids is 4. The zero-order valence-corrected chi connectivity index (χ0v) is 28.1. The molecule has 3 saturated heterocycles. The molecule has 0 radical (unpaired) electrons. The number of morpholine rings is 1. The van der Waals surface area contributed by atoms with Crippen LogP contribution in [0.15, 0.2) is 11.6 Å². The molecular formula is C33H57N5O5. The average molecular weight is 604 g/mol. The maximum Gasteiger partial charge on any atom is 0.249 e. The Morgan fingerprint density at radius 3 is 2.12 bits per heavy atom. The number of nitrogens with one attached hydrogen (secondary N) is 1. The van der Waals surface area contributed by atoms with Crippen molar-refractivity contribution in [1.82, 2.24) is 24.9 Å². The molecule has 1 unspecified atom stereocenters. The quantitative estimate of drug-likeness (QED) is 0.407. The summed E-state index contributed by atoms with van der Waals surface area (Å²) < 4.78 is 5.40. The van der Waals surface area contributed by atoms with Gasteiger partial charge in [0.2, 0.25) is 23.6 Å². The Balaban J connectivity index is 1.77. The fraction of sp³-hybridized carbons (Fsp3) is 0.818. The number of carbonyl (C=O) groups is 4. The van der Waals surface area contributed by atoms with Crippen molar-refractivity contribution in [3.05, 3.63) is 11.6 Å². The number of hydrogen-bond donors (Lipinski definition) is 1. The van der Waals surface area contributed by atoms with Crippen LogP contribution in [-0.2, 0) is 23.9 Å². The van der Waals surface area contributed by atoms with E-state index >= 15 is 0 Å². The minimum atomic E-state index is -0.722. The molecule has 3 aliphatic heterocycles. The summed E-state index contributed by atoms with van der Waals surface area (Å²) in [5.74, 6) is -0.422. The normalized spacial score (nSPS) is 23.8. The van der Waals surface area contributed by atoms with E-state index in [4.69, 9.17) is 4.74 Å². The molecule has 0 aromatic heterocycles. The molecule has 0 aromatic rings. The van der Waals surface area contributed by atoms with E-state index in [1.165, 1.54) is 0 Å². The summed E-state index contributed by atoms with van der Waals surface area (Å²) >= 11 is 0. The predicted octanol–water partition coefficient (Wildman–Crippen LogP) is 3.06. The van der Waals surface area contributed by atoms with Crippen LogP contribution in [0.25, 0.3) is 0 Å². The first kappa shape index (κ1) is 35.0. The Labute approximate surface area is 259 Å². The van der Waals surface area contributed by atoms with Gasteiger partial charge in [-0.15, -0.1) is 0 Å². The van der Waals surface area contributed by atoms with Gasteiger partial charge in [0, 0.05) is 38.3 Å². The first-order chi connectivity index (χ1) is 20.1. The van der Waals surface area contributed by atoms with Crippen molar-refractivity contribution < 1.29 is 23.9 Å². The van der Waals surface area contributed by atoms with Gasteiger partial charge in [-0.1, -0.05) is 47.1 Å². The molecule has 0 bridgehead atoms. The van der Waals surface area contributed by atoms with Crippen molar-refractivity contribution in [3.63, 3.8) is 0 Å². The summed E-state index contributed by atoms with van der Waals surface area (Å²) in [6.45, 7) is 19.5. The number of piperidine rings is 1. The second-order valence-corrected chi connectivity index (χ2v) is 14.3. The topological polar surface area (TPSA) is 102 Å². The monoisotopic (exact) mass is 603 g/mol. The number of ether oxygens (including phenoxy) is 1. The van der Waals surface area contributed by atoms with Gasteiger partial charge in [-0.25, -0.2) is 0 Å². The van der Waals surface area contributed by atoms with Crippen LogP contribution in [-0.4, -0.2) is 120 Å². The van der Waals surface area contributed by atoms with Crippen molar-refractivity contribution >= 4 is 23.6 Å². The molecule has 10 heteroatoms. The van der Waals surface area contributed by atoms with Crippen molar-refractivity contribution in [3.8, 4) is 0 Å². The molecule has 10 nitrogen and oxygen atoms in total. The molecule has 244 valence electrons. The van der Waals surface area contributed by atoms with Gasteiger partial charge in [-0.2, -0.15) is 0 Å². The van der Waals surface area contributed by atoms with Crippen LogP contribution in [0.4, 0.5) is 0 Å². The molecule has 4 atom stereocenters. The van der Waals surface area contributed by atoms with Crippen LogP contribution in [0, 0.1) is 11.3 Å². The fourth-order valence-corrected chi connectivity index (χ4v) is 6.66. The summed E-state index contributed by atoms with van der Waals surface area (Å²) in [4.78, 5) is 62.1. The van der Waals surface area contributed by atoms with Crippen molar-refractivity contribution in [2.24, 2.45) is 11.3 Å². The average Bonchev–Trinajstić information content (AvgIpc) is 3.46. The van der Waals surface area contributed by atoms with Gasteiger partial charge >= 0.3 is 0 Å². The smallest absolute Gasteiger partial charge is 0.249 e. The predicted molar refractivity (Wildman–Crippen MR) is 168 cm³/mol. The van der Waals surface area contributed by atoms with Gasteiger partial charge in [0.05, 0.1) is 25.3 Å². The largest absolute Gasteiger partial charge is 0.378 e. The molecule has 3 aliphatic rings. The van der Waals surface area contributed by atoms with Crippen LogP contribution in [0.1, 0.15) is 87.5 Å². The Morgan fingerprint density at radius 1 is 0.907 bits per heavy atom. The van der Waals surface area contributed by atoms with Crippen LogP contribution in [0.2, 0.25) is 0 Å². The van der Waals surface area contributed by atoms with E-state index in [0.29, 0.717) is 44.8 Å². The summed E-state index contributed by atoms with van der Waals surface area (Å²) in [6.07, 6.45) is 6.17. The van der Waals surface area contributed by atoms with Crippen molar-refractivity contribution in [2.45, 2.75) is 118 Å². The maximum absolute atomic E-state index is 14.1. The third-order valence-electron chi connectivity index (χ3n) is 9.27. The molecule has 0 spiro atoms. The summed E-state index contributed by atoms with van der Waals surface area (Å²) in [6, 6.07) is -1.54. The number of likely N-dealkylation sites (tertiary alicyclic amines) is 2. The van der Waals surface area contributed by atoms with Gasteiger partial charge < -0.3 is 24.8 Å². The van der Waals surface area contributed by atoms with Crippen LogP contribution in [0.5, 0.6) is 0 Å². The van der Waals surface area contributed by atoms with Gasteiger partial charge in [-0.3, -0.25) is 24.1 Å². The van der Waals surface area contributed by atoms with Crippen molar-refractivity contribution in [2.75, 3.05) is 46.4 Å². The molecule has 3 fully saturated rings. The highest BCUT2D eigenvalue weighted by Gasteiger charge is 2.41. The first-order valence-electron chi connectivity index (χ1n) is 16.3. The zero-order valence-electron chi connectivity index (χ0n) is 28.1. The summed E-state index contributed by atoms with van der Waals surface area (Å²) in [5.41, 5.74) is 0.00279. The molecule has 4 amide bonds. The number of amides is 4. The van der Waals surface area contributed by atoms with E-state index in [1.54, 1.807) is 28.7 Å². The molecule has 0 saturated carbocycles. The second kappa shape index (κ2) is 15.0. The highest BCUT2D eigenvalue weighted by molar-refractivity contribution is 5.97. The highest BCUT2D eigenvalue weighted by atomic mass is 16.5. The van der Waals surface area contributed by atoms with Crippen LogP contribution >= 0.6 is 0 Å². The zero-order chi connectivity index (χ0) is 32.1. The molecular weight excluding hydrogens is 546 g/mol. The van der Waals surface area contributed by atoms with E-state index in [1.807, 2.05) is 40.7 Å². The van der Waals surface area contributed by atoms with Crippen LogP contribution in [0.3, 0.4) is 0 Å². The molecule has 3 heterocycles. The fourth-order valence-electron chi connectivity index (χ4n) is 6.66. The molecule has 0 aliphatic carbocycles. The lowest BCUT2D eigenvalue weighted by molar-refractivity contribution is -0.145. The van der Waals surface area contributed by atoms with E-state index in [9.17, 15) is 19.2 Å². The van der Waals surface area contributed by atoms with E-state index < -0.39 is 17.5 Å². The number of likely N-dealkylation sites (N-methyl/N-ethyl adjacent to an activating group) is 1. The van der Waals surface area contributed by atoms with E-state index in [2.05, 4.69) is 24.1 Å². The Hall–Kier alpha value is -2.46. The standard InChI is InChI=1S/C33H57N5O5/c1-22(2)27(21-24(5)30(40)38-16-12-14-26(38)31(41)36-17-19-43-20-18-36)35(9)32(42)28(33(6,7)8)34-29(39)25-13-10-11-15-37(25)23(3)4/h21-23,25-28H,10-20H2,1-9H3,(H,34,39)/t25?,26-,27+,28+/m0/s1. The van der Waals surface area contributed by atoms with Crippen LogP contribution < -0.4 is 5.32 Å². The Bertz CT molecular complexity index is 1030. The van der Waals surface area contributed by atoms with Gasteiger partial charge in [0.15, 0.2) is 0 Å². The van der Waals surface area contributed by atoms with Gasteiger partial charge in [0.1, 0.15) is 12.1 Å². The minimum absolute atomic E-state index is 0.00702. The number of hydrogen-bond acceptors (Lipinski definition) is 6. The lowest BCUT2D eigenvalue weighted by atomic mass is 9.84. The van der Waals surface area contributed by atoms with Gasteiger partial charge in [0.25, 0.3) is 0 Å². The SMILES string of the molecule is CC(=C[C@H](C(C)C)N(C)C(=O)[C@@H](NC(=O)C1CCCCN1C(C)C)C(C)(C)C)C(=O)N1CCC[C@H]1C(=O)N1CCOCC1. The van der Waals surface area contributed by atoms with Gasteiger partial charge in [-0.05, 0) is 64.3 Å². The van der Waals surface area contributed by atoms with E-state index in [0.717, 1.165) is 32.2 Å². The second-order valence-electron chi connectivity index (χ2n) is 14.3. The highest BCUT2D eigenvalue weighted by Crippen LogP contribution is 2.27. The molecule has 0 aromatic carbocycles. The molecule has 43 heavy (non-hydrogen) atoms. The summed E-state index contributed by atoms with van der Waals surface area (Å²) in [7, 11) is 1.76. The lowest BCUT2D eigenvalue weighted by Crippen LogP contribution is -2.60.